The SMILES string of the molecule is CCCNC(c1cc(F)cc(F)c1)c1ncc(C)cn1. The van der Waals surface area contributed by atoms with Gasteiger partial charge in [-0.3, -0.25) is 0 Å². The van der Waals surface area contributed by atoms with Gasteiger partial charge in [-0.2, -0.15) is 0 Å². The van der Waals surface area contributed by atoms with E-state index in [1.807, 2.05) is 13.8 Å². The Balaban J connectivity index is 2.38. The quantitative estimate of drug-likeness (QED) is 0.912. The van der Waals surface area contributed by atoms with Gasteiger partial charge in [0.25, 0.3) is 0 Å². The molecule has 0 spiro atoms. The van der Waals surface area contributed by atoms with Crippen LogP contribution in [-0.4, -0.2) is 16.5 Å². The van der Waals surface area contributed by atoms with Crippen molar-refractivity contribution >= 4 is 0 Å². The molecule has 0 aliphatic carbocycles. The van der Waals surface area contributed by atoms with E-state index < -0.39 is 17.7 Å². The van der Waals surface area contributed by atoms with Crippen LogP contribution in [0.2, 0.25) is 0 Å². The summed E-state index contributed by atoms with van der Waals surface area (Å²) in [6, 6.07) is 3.05. The third-order valence-electron chi connectivity index (χ3n) is 2.88. The summed E-state index contributed by atoms with van der Waals surface area (Å²) in [6.45, 7) is 4.62. The van der Waals surface area contributed by atoms with E-state index in [4.69, 9.17) is 0 Å². The molecule has 3 nitrogen and oxygen atoms in total. The molecule has 1 aromatic heterocycles. The number of halogens is 2. The number of nitrogens with one attached hydrogen (secondary N) is 1. The first-order valence-electron chi connectivity index (χ1n) is 6.58. The van der Waals surface area contributed by atoms with Crippen molar-refractivity contribution in [3.8, 4) is 0 Å². The maximum Gasteiger partial charge on any atom is 0.149 e. The lowest BCUT2D eigenvalue weighted by Crippen LogP contribution is -2.25. The molecule has 0 aliphatic heterocycles. The second-order valence-corrected chi connectivity index (χ2v) is 4.71. The minimum absolute atomic E-state index is 0.416. The van der Waals surface area contributed by atoms with Gasteiger partial charge in [-0.15, -0.1) is 0 Å². The molecule has 1 aromatic carbocycles. The number of benzene rings is 1. The summed E-state index contributed by atoms with van der Waals surface area (Å²) in [6.07, 6.45) is 4.29. The molecular formula is C15H17F2N3. The van der Waals surface area contributed by atoms with E-state index in [0.29, 0.717) is 17.9 Å². The van der Waals surface area contributed by atoms with Crippen LogP contribution in [0.15, 0.2) is 30.6 Å². The normalized spacial score (nSPS) is 12.4. The smallest absolute Gasteiger partial charge is 0.149 e. The Bertz CT molecular complexity index is 550. The minimum atomic E-state index is -0.601. The predicted octanol–water partition coefficient (Wildman–Crippen LogP) is 3.15. The average Bonchev–Trinajstić information content (AvgIpc) is 2.40. The van der Waals surface area contributed by atoms with E-state index in [0.717, 1.165) is 18.1 Å². The van der Waals surface area contributed by atoms with E-state index in [1.54, 1.807) is 12.4 Å². The van der Waals surface area contributed by atoms with Crippen LogP contribution in [0.25, 0.3) is 0 Å². The standard InChI is InChI=1S/C15H17F2N3/c1-3-4-18-14(15-19-8-10(2)9-20-15)11-5-12(16)7-13(17)6-11/h5-9,14,18H,3-4H2,1-2H3. The van der Waals surface area contributed by atoms with Crippen LogP contribution in [0.4, 0.5) is 8.78 Å². The Kier molecular flexibility index (Phi) is 4.74. The van der Waals surface area contributed by atoms with Crippen molar-refractivity contribution in [2.24, 2.45) is 0 Å². The van der Waals surface area contributed by atoms with Crippen LogP contribution in [0.3, 0.4) is 0 Å². The van der Waals surface area contributed by atoms with Crippen molar-refractivity contribution in [2.75, 3.05) is 6.54 Å². The molecule has 0 amide bonds. The largest absolute Gasteiger partial charge is 0.304 e. The number of rotatable bonds is 5. The van der Waals surface area contributed by atoms with Crippen LogP contribution in [0, 0.1) is 18.6 Å². The molecule has 20 heavy (non-hydrogen) atoms. The zero-order valence-electron chi connectivity index (χ0n) is 11.5. The lowest BCUT2D eigenvalue weighted by atomic mass is 10.1. The summed E-state index contributed by atoms with van der Waals surface area (Å²) < 4.78 is 26.8. The first kappa shape index (κ1) is 14.5. The molecule has 1 N–H and O–H groups in total. The van der Waals surface area contributed by atoms with Gasteiger partial charge in [-0.1, -0.05) is 6.92 Å². The van der Waals surface area contributed by atoms with E-state index in [1.165, 1.54) is 12.1 Å². The Morgan fingerprint density at radius 1 is 1.10 bits per heavy atom. The van der Waals surface area contributed by atoms with Gasteiger partial charge in [-0.05, 0) is 43.1 Å². The summed E-state index contributed by atoms with van der Waals surface area (Å²) in [5.74, 6) is -0.695. The second-order valence-electron chi connectivity index (χ2n) is 4.71. The first-order valence-corrected chi connectivity index (χ1v) is 6.58. The molecule has 1 unspecified atom stereocenters. The Hall–Kier alpha value is -1.88. The van der Waals surface area contributed by atoms with Crippen molar-refractivity contribution in [3.63, 3.8) is 0 Å². The minimum Gasteiger partial charge on any atom is -0.304 e. The van der Waals surface area contributed by atoms with Gasteiger partial charge in [0, 0.05) is 18.5 Å². The van der Waals surface area contributed by atoms with Crippen molar-refractivity contribution in [2.45, 2.75) is 26.3 Å². The monoisotopic (exact) mass is 277 g/mol. The zero-order chi connectivity index (χ0) is 14.5. The Morgan fingerprint density at radius 3 is 2.25 bits per heavy atom. The lowest BCUT2D eigenvalue weighted by molar-refractivity contribution is 0.546. The summed E-state index contributed by atoms with van der Waals surface area (Å²) in [7, 11) is 0. The van der Waals surface area contributed by atoms with Crippen molar-refractivity contribution < 1.29 is 8.78 Å². The van der Waals surface area contributed by atoms with E-state index in [9.17, 15) is 8.78 Å². The van der Waals surface area contributed by atoms with Gasteiger partial charge in [0.05, 0.1) is 6.04 Å². The van der Waals surface area contributed by atoms with Crippen LogP contribution in [0.5, 0.6) is 0 Å². The zero-order valence-corrected chi connectivity index (χ0v) is 11.5. The highest BCUT2D eigenvalue weighted by molar-refractivity contribution is 5.26. The fourth-order valence-corrected chi connectivity index (χ4v) is 1.94. The molecular weight excluding hydrogens is 260 g/mol. The Morgan fingerprint density at radius 2 is 1.70 bits per heavy atom. The third-order valence-corrected chi connectivity index (χ3v) is 2.88. The summed E-state index contributed by atoms with van der Waals surface area (Å²) >= 11 is 0. The number of hydrogen-bond acceptors (Lipinski definition) is 3. The highest BCUT2D eigenvalue weighted by Gasteiger charge is 2.17. The van der Waals surface area contributed by atoms with Crippen LogP contribution < -0.4 is 5.32 Å². The highest BCUT2D eigenvalue weighted by atomic mass is 19.1. The van der Waals surface area contributed by atoms with Gasteiger partial charge in [0.15, 0.2) is 0 Å². The van der Waals surface area contributed by atoms with Crippen LogP contribution >= 0.6 is 0 Å². The topological polar surface area (TPSA) is 37.8 Å². The molecule has 5 heteroatoms. The maximum atomic E-state index is 13.4. The molecule has 1 atom stereocenters. The number of aromatic nitrogens is 2. The maximum absolute atomic E-state index is 13.4. The van der Waals surface area contributed by atoms with Crippen LogP contribution in [0.1, 0.15) is 36.3 Å². The highest BCUT2D eigenvalue weighted by Crippen LogP contribution is 2.21. The molecule has 0 saturated heterocycles. The average molecular weight is 277 g/mol. The second kappa shape index (κ2) is 6.52. The fourth-order valence-electron chi connectivity index (χ4n) is 1.94. The molecule has 0 bridgehead atoms. The summed E-state index contributed by atoms with van der Waals surface area (Å²) in [4.78, 5) is 8.50. The molecule has 0 aliphatic rings. The Labute approximate surface area is 117 Å². The molecule has 106 valence electrons. The van der Waals surface area contributed by atoms with Crippen molar-refractivity contribution in [1.82, 2.24) is 15.3 Å². The summed E-state index contributed by atoms with van der Waals surface area (Å²) in [5.41, 5.74) is 1.42. The molecule has 2 aromatic rings. The van der Waals surface area contributed by atoms with Gasteiger partial charge in [0.1, 0.15) is 17.5 Å². The molecule has 0 radical (unpaired) electrons. The third kappa shape index (κ3) is 3.57. The number of nitrogens with zero attached hydrogens (tertiary/aromatic N) is 2. The number of hydrogen-bond donors (Lipinski definition) is 1. The first-order chi connectivity index (χ1) is 9.60. The van der Waals surface area contributed by atoms with Gasteiger partial charge >= 0.3 is 0 Å². The van der Waals surface area contributed by atoms with Gasteiger partial charge in [0.2, 0.25) is 0 Å². The van der Waals surface area contributed by atoms with Gasteiger partial charge < -0.3 is 5.32 Å². The lowest BCUT2D eigenvalue weighted by Gasteiger charge is -2.18. The van der Waals surface area contributed by atoms with Gasteiger partial charge in [-0.25, -0.2) is 18.7 Å². The molecule has 1 heterocycles. The van der Waals surface area contributed by atoms with Crippen molar-refractivity contribution in [3.05, 3.63) is 59.2 Å². The fraction of sp³-hybridized carbons (Fsp3) is 0.333. The van der Waals surface area contributed by atoms with Crippen LogP contribution in [-0.2, 0) is 0 Å². The number of aryl methyl sites for hydroxylation is 1. The summed E-state index contributed by atoms with van der Waals surface area (Å²) in [5, 5.41) is 3.22. The molecule has 0 fully saturated rings. The van der Waals surface area contributed by atoms with E-state index in [-0.39, 0.29) is 0 Å². The van der Waals surface area contributed by atoms with Crippen molar-refractivity contribution in [1.29, 1.82) is 0 Å². The molecule has 0 saturated carbocycles. The van der Waals surface area contributed by atoms with E-state index >= 15 is 0 Å². The molecule has 2 rings (SSSR count). The van der Waals surface area contributed by atoms with E-state index in [2.05, 4.69) is 15.3 Å². The predicted molar refractivity (Wildman–Crippen MR) is 73.3 cm³/mol.